The second kappa shape index (κ2) is 16.7. The van der Waals surface area contributed by atoms with Crippen LogP contribution in [0.5, 0.6) is 5.75 Å². The maximum Gasteiger partial charge on any atom is 0.276 e. The highest BCUT2D eigenvalue weighted by atomic mass is 16.5. The summed E-state index contributed by atoms with van der Waals surface area (Å²) in [5, 5.41) is 18.7. The molecule has 17 heteroatoms. The Hall–Kier alpha value is -6.07. The Labute approximate surface area is 341 Å². The van der Waals surface area contributed by atoms with Crippen LogP contribution in [-0.4, -0.2) is 125 Å². The molecule has 4 aliphatic heterocycles. The van der Waals surface area contributed by atoms with Gasteiger partial charge < -0.3 is 34.8 Å². The molecule has 4 aliphatic rings. The van der Waals surface area contributed by atoms with Gasteiger partial charge in [0.1, 0.15) is 17.5 Å². The molecule has 0 spiro atoms. The van der Waals surface area contributed by atoms with Gasteiger partial charge in [0.2, 0.25) is 11.8 Å². The number of carbonyl (C=O) groups excluding carboxylic acids is 4. The van der Waals surface area contributed by atoms with Crippen LogP contribution >= 0.6 is 0 Å². The standard InChI is InChI=1S/C42H49N11O6/c1-58-37-23-30(2-3-31(37)40(55)44-32-5-7-39(54)46-41(32)56)50-15-8-27(9-16-50)25-49-13-10-29(11-14-49)53-26-28-22-35(36(24-34(28)48-53)51-18-20-59-21-19-51)45-42(57)33-4-6-38-43-12-17-52(38)47-33/h2-4,6,12,17,22-24,26-27,29,32H,5,7-11,13-16,18-21,25H2,1H3,(H,44,55)(H,45,57)(H,46,54,56). The number of hydrogen-bond acceptors (Lipinski definition) is 12. The Kier molecular flexibility index (Phi) is 10.9. The van der Waals surface area contributed by atoms with Gasteiger partial charge in [-0.25, -0.2) is 9.50 Å². The van der Waals surface area contributed by atoms with E-state index < -0.39 is 17.9 Å². The molecule has 5 aromatic rings. The van der Waals surface area contributed by atoms with E-state index in [1.807, 2.05) is 18.2 Å². The lowest BCUT2D eigenvalue weighted by molar-refractivity contribution is -0.134. The van der Waals surface area contributed by atoms with Crippen molar-refractivity contribution in [2.45, 2.75) is 50.6 Å². The van der Waals surface area contributed by atoms with E-state index in [0.29, 0.717) is 47.8 Å². The summed E-state index contributed by atoms with van der Waals surface area (Å²) in [4.78, 5) is 61.6. The number of benzene rings is 2. The van der Waals surface area contributed by atoms with Crippen molar-refractivity contribution in [1.29, 1.82) is 0 Å². The quantitative estimate of drug-likeness (QED) is 0.176. The number of aromatic nitrogens is 5. The highest BCUT2D eigenvalue weighted by Crippen LogP contribution is 2.35. The van der Waals surface area contributed by atoms with Crippen molar-refractivity contribution in [3.05, 3.63) is 72.3 Å². The molecular formula is C42H49N11O6. The van der Waals surface area contributed by atoms with Crippen LogP contribution in [0.3, 0.4) is 0 Å². The summed E-state index contributed by atoms with van der Waals surface area (Å²) in [5.74, 6) is -0.456. The fraction of sp³-hybridized carbons (Fsp3) is 0.452. The third-order valence-corrected chi connectivity index (χ3v) is 12.1. The van der Waals surface area contributed by atoms with Gasteiger partial charge in [0.15, 0.2) is 5.65 Å². The van der Waals surface area contributed by atoms with E-state index in [4.69, 9.17) is 14.6 Å². The average Bonchev–Trinajstić information content (AvgIpc) is 3.92. The number of likely N-dealkylation sites (tertiary alicyclic amines) is 1. The Balaban J connectivity index is 0.796. The summed E-state index contributed by atoms with van der Waals surface area (Å²) in [5.41, 5.74) is 4.89. The predicted molar refractivity (Wildman–Crippen MR) is 220 cm³/mol. The lowest BCUT2D eigenvalue weighted by Crippen LogP contribution is -2.52. The third kappa shape index (κ3) is 8.29. The molecule has 1 atom stereocenters. The van der Waals surface area contributed by atoms with Gasteiger partial charge in [-0.05, 0) is 74.4 Å². The number of fused-ring (bicyclic) bond motifs is 2. The number of anilines is 3. The Morgan fingerprint density at radius 2 is 1.71 bits per heavy atom. The lowest BCUT2D eigenvalue weighted by Gasteiger charge is -2.38. The molecule has 59 heavy (non-hydrogen) atoms. The number of hydrogen-bond donors (Lipinski definition) is 3. The third-order valence-electron chi connectivity index (χ3n) is 12.1. The van der Waals surface area contributed by atoms with Crippen LogP contribution in [0.1, 0.15) is 65.4 Å². The molecule has 4 amide bonds. The van der Waals surface area contributed by atoms with E-state index >= 15 is 0 Å². The minimum atomic E-state index is -0.750. The summed E-state index contributed by atoms with van der Waals surface area (Å²) in [6.45, 7) is 7.61. The summed E-state index contributed by atoms with van der Waals surface area (Å²) in [6, 6.07) is 12.7. The van der Waals surface area contributed by atoms with Crippen LogP contribution in [0.2, 0.25) is 0 Å². The van der Waals surface area contributed by atoms with Gasteiger partial charge in [0.25, 0.3) is 11.8 Å². The molecule has 9 rings (SSSR count). The number of imide groups is 1. The summed E-state index contributed by atoms with van der Waals surface area (Å²) < 4.78 is 15.0. The molecule has 17 nitrogen and oxygen atoms in total. The molecule has 0 bridgehead atoms. The van der Waals surface area contributed by atoms with Crippen molar-refractivity contribution in [2.24, 2.45) is 5.92 Å². The zero-order chi connectivity index (χ0) is 40.5. The minimum absolute atomic E-state index is 0.192. The number of methoxy groups -OCH3 is 1. The van der Waals surface area contributed by atoms with Gasteiger partial charge in [-0.15, -0.1) is 0 Å². The van der Waals surface area contributed by atoms with Crippen LogP contribution in [0.4, 0.5) is 17.1 Å². The largest absolute Gasteiger partial charge is 0.496 e. The molecule has 3 N–H and O–H groups in total. The van der Waals surface area contributed by atoms with Crippen molar-refractivity contribution in [3.63, 3.8) is 0 Å². The van der Waals surface area contributed by atoms with Crippen LogP contribution in [0.15, 0.2) is 61.1 Å². The first kappa shape index (κ1) is 38.4. The zero-order valence-electron chi connectivity index (χ0n) is 33.1. The average molecular weight is 804 g/mol. The molecule has 1 unspecified atom stereocenters. The molecule has 0 saturated carbocycles. The maximum absolute atomic E-state index is 13.5. The SMILES string of the molecule is COc1cc(N2CCC(CN3CCC(n4cc5cc(NC(=O)c6ccc7nccn7n6)c(N6CCOCC6)cc5n4)CC3)CC2)ccc1C(=O)NC1CCC(=O)NC1=O. The molecule has 7 heterocycles. The molecule has 0 aliphatic carbocycles. The molecule has 308 valence electrons. The van der Waals surface area contributed by atoms with Crippen LogP contribution in [0, 0.1) is 5.92 Å². The number of piperidine rings is 3. The second-order valence-electron chi connectivity index (χ2n) is 15.9. The highest BCUT2D eigenvalue weighted by molar-refractivity contribution is 6.07. The van der Waals surface area contributed by atoms with Crippen molar-refractivity contribution in [2.75, 3.05) is 81.3 Å². The predicted octanol–water partition coefficient (Wildman–Crippen LogP) is 3.27. The lowest BCUT2D eigenvalue weighted by atomic mass is 9.94. The number of nitrogens with zero attached hydrogens (tertiary/aromatic N) is 8. The maximum atomic E-state index is 13.5. The van der Waals surface area contributed by atoms with Crippen molar-refractivity contribution >= 4 is 57.2 Å². The summed E-state index contributed by atoms with van der Waals surface area (Å²) >= 11 is 0. The van der Waals surface area contributed by atoms with E-state index in [2.05, 4.69) is 57.7 Å². The smallest absolute Gasteiger partial charge is 0.276 e. The Morgan fingerprint density at radius 3 is 2.49 bits per heavy atom. The Bertz CT molecular complexity index is 2370. The van der Waals surface area contributed by atoms with Crippen molar-refractivity contribution in [1.82, 2.24) is 39.9 Å². The monoisotopic (exact) mass is 803 g/mol. The summed E-state index contributed by atoms with van der Waals surface area (Å²) in [7, 11) is 1.54. The van der Waals surface area contributed by atoms with Gasteiger partial charge in [0, 0.05) is 88.0 Å². The number of ether oxygens (including phenoxy) is 2. The fourth-order valence-electron chi connectivity index (χ4n) is 8.79. The molecule has 2 aromatic carbocycles. The first-order chi connectivity index (χ1) is 28.8. The van der Waals surface area contributed by atoms with Crippen molar-refractivity contribution in [3.8, 4) is 5.75 Å². The van der Waals surface area contributed by atoms with Gasteiger partial charge in [0.05, 0.1) is 48.8 Å². The fourth-order valence-corrected chi connectivity index (χ4v) is 8.79. The van der Waals surface area contributed by atoms with E-state index in [1.165, 1.54) is 7.11 Å². The number of rotatable bonds is 10. The second-order valence-corrected chi connectivity index (χ2v) is 15.9. The van der Waals surface area contributed by atoms with Crippen LogP contribution in [0.25, 0.3) is 16.6 Å². The van der Waals surface area contributed by atoms with Gasteiger partial charge >= 0.3 is 0 Å². The molecule has 0 radical (unpaired) electrons. The highest BCUT2D eigenvalue weighted by Gasteiger charge is 2.30. The topological polar surface area (TPSA) is 181 Å². The first-order valence-electron chi connectivity index (χ1n) is 20.6. The number of amides is 4. The minimum Gasteiger partial charge on any atom is -0.496 e. The number of imidazole rings is 1. The van der Waals surface area contributed by atoms with Crippen LogP contribution < -0.4 is 30.5 Å². The normalized spacial score (nSPS) is 19.9. The molecular weight excluding hydrogens is 755 g/mol. The van der Waals surface area contributed by atoms with Crippen molar-refractivity contribution < 1.29 is 28.7 Å². The Morgan fingerprint density at radius 1 is 0.898 bits per heavy atom. The molecule has 4 saturated heterocycles. The van der Waals surface area contributed by atoms with E-state index in [1.54, 1.807) is 35.1 Å². The number of carbonyl (C=O) groups is 4. The molecule has 4 fully saturated rings. The number of morpholine rings is 1. The number of nitrogens with one attached hydrogen (secondary N) is 3. The van der Waals surface area contributed by atoms with Gasteiger partial charge in [-0.2, -0.15) is 10.2 Å². The molecule has 3 aromatic heterocycles. The zero-order valence-corrected chi connectivity index (χ0v) is 33.1. The summed E-state index contributed by atoms with van der Waals surface area (Å²) in [6.07, 6.45) is 10.1. The van der Waals surface area contributed by atoms with E-state index in [0.717, 1.165) is 99.5 Å². The van der Waals surface area contributed by atoms with E-state index in [-0.39, 0.29) is 24.7 Å². The van der Waals surface area contributed by atoms with Gasteiger partial charge in [-0.3, -0.25) is 29.2 Å². The van der Waals surface area contributed by atoms with Crippen LogP contribution in [-0.2, 0) is 14.3 Å². The van der Waals surface area contributed by atoms with E-state index in [9.17, 15) is 19.2 Å². The van der Waals surface area contributed by atoms with Gasteiger partial charge in [-0.1, -0.05) is 0 Å². The first-order valence-corrected chi connectivity index (χ1v) is 20.6.